The fraction of sp³-hybridized carbons (Fsp3) is 0.0714. The monoisotopic (exact) mass is 254 g/mol. The number of aromatic nitrogens is 2. The quantitative estimate of drug-likeness (QED) is 0.674. The van der Waals surface area contributed by atoms with Gasteiger partial charge in [0.25, 0.3) is 0 Å². The molecule has 0 aliphatic carbocycles. The first-order valence-corrected chi connectivity index (χ1v) is 6.47. The van der Waals surface area contributed by atoms with Crippen molar-refractivity contribution in [3.8, 4) is 0 Å². The first-order valence-electron chi connectivity index (χ1n) is 5.59. The number of Topliss-reactive ketones (excluding diaryl/α,β-unsaturated/α-hetero) is 1. The van der Waals surface area contributed by atoms with Gasteiger partial charge in [0.05, 0.1) is 5.51 Å². The number of rotatable bonds is 3. The summed E-state index contributed by atoms with van der Waals surface area (Å²) >= 11 is 1.49. The van der Waals surface area contributed by atoms with Gasteiger partial charge in [-0.05, 0) is 11.5 Å². The molecular formula is C14H10N2OS. The van der Waals surface area contributed by atoms with Gasteiger partial charge in [0.2, 0.25) is 0 Å². The highest BCUT2D eigenvalue weighted by Gasteiger charge is 2.12. The molecule has 3 rings (SSSR count). The average Bonchev–Trinajstić information content (AvgIpc) is 2.91. The number of ketones is 1. The Labute approximate surface area is 108 Å². The minimum atomic E-state index is 0.0380. The van der Waals surface area contributed by atoms with Crippen LogP contribution in [-0.4, -0.2) is 15.8 Å². The maximum absolute atomic E-state index is 12.2. The maximum Gasteiger partial charge on any atom is 0.187 e. The smallest absolute Gasteiger partial charge is 0.187 e. The highest BCUT2D eigenvalue weighted by Crippen LogP contribution is 2.18. The standard InChI is InChI=1S/C14H10N2OS/c17-13(7-11-8-15-9-18-11)14-12-4-2-1-3-10(12)5-6-16-14/h1-6,8-9H,7H2. The zero-order valence-electron chi connectivity index (χ0n) is 9.54. The van der Waals surface area contributed by atoms with E-state index >= 15 is 0 Å². The van der Waals surface area contributed by atoms with E-state index in [2.05, 4.69) is 9.97 Å². The van der Waals surface area contributed by atoms with Gasteiger partial charge in [0.1, 0.15) is 5.69 Å². The lowest BCUT2D eigenvalue weighted by Gasteiger charge is -2.03. The Balaban J connectivity index is 2.01. The number of carbonyl (C=O) groups excluding carboxylic acids is 1. The van der Waals surface area contributed by atoms with Crippen molar-refractivity contribution in [2.45, 2.75) is 6.42 Å². The highest BCUT2D eigenvalue weighted by atomic mass is 32.1. The zero-order valence-corrected chi connectivity index (χ0v) is 10.4. The lowest BCUT2D eigenvalue weighted by atomic mass is 10.1. The number of fused-ring (bicyclic) bond motifs is 1. The minimum absolute atomic E-state index is 0.0380. The Morgan fingerprint density at radius 2 is 2.11 bits per heavy atom. The number of nitrogens with zero attached hydrogens (tertiary/aromatic N) is 2. The predicted molar refractivity (Wildman–Crippen MR) is 71.9 cm³/mol. The fourth-order valence-corrected chi connectivity index (χ4v) is 2.51. The third-order valence-electron chi connectivity index (χ3n) is 2.76. The number of thiazole rings is 1. The van der Waals surface area contributed by atoms with Crippen molar-refractivity contribution in [2.75, 3.05) is 0 Å². The second-order valence-electron chi connectivity index (χ2n) is 3.95. The van der Waals surface area contributed by atoms with Gasteiger partial charge >= 0.3 is 0 Å². The molecule has 0 spiro atoms. The van der Waals surface area contributed by atoms with Crippen LogP contribution in [0.4, 0.5) is 0 Å². The van der Waals surface area contributed by atoms with Crippen LogP contribution in [0.5, 0.6) is 0 Å². The van der Waals surface area contributed by atoms with Crippen molar-refractivity contribution in [3.05, 3.63) is 58.8 Å². The Hall–Kier alpha value is -2.07. The lowest BCUT2D eigenvalue weighted by Crippen LogP contribution is -2.05. The van der Waals surface area contributed by atoms with Crippen LogP contribution in [-0.2, 0) is 6.42 Å². The van der Waals surface area contributed by atoms with Gasteiger partial charge in [0.15, 0.2) is 5.78 Å². The molecule has 0 saturated carbocycles. The van der Waals surface area contributed by atoms with E-state index in [4.69, 9.17) is 0 Å². The van der Waals surface area contributed by atoms with Gasteiger partial charge in [-0.2, -0.15) is 0 Å². The Bertz CT molecular complexity index is 687. The number of pyridine rings is 1. The van der Waals surface area contributed by atoms with E-state index in [0.717, 1.165) is 15.6 Å². The molecule has 0 aliphatic heterocycles. The van der Waals surface area contributed by atoms with Crippen molar-refractivity contribution in [3.63, 3.8) is 0 Å². The normalized spacial score (nSPS) is 10.7. The summed E-state index contributed by atoms with van der Waals surface area (Å²) in [6, 6.07) is 9.72. The molecule has 1 aromatic carbocycles. The molecule has 3 aromatic rings. The van der Waals surface area contributed by atoms with Crippen LogP contribution in [0.3, 0.4) is 0 Å². The van der Waals surface area contributed by atoms with Crippen LogP contribution >= 0.6 is 11.3 Å². The number of carbonyl (C=O) groups is 1. The number of hydrogen-bond acceptors (Lipinski definition) is 4. The van der Waals surface area contributed by atoms with E-state index < -0.39 is 0 Å². The second kappa shape index (κ2) is 4.66. The lowest BCUT2D eigenvalue weighted by molar-refractivity contribution is 0.0991. The molecule has 0 aliphatic rings. The second-order valence-corrected chi connectivity index (χ2v) is 4.92. The predicted octanol–water partition coefficient (Wildman–Crippen LogP) is 3.12. The van der Waals surface area contributed by atoms with Gasteiger partial charge in [-0.3, -0.25) is 14.8 Å². The largest absolute Gasteiger partial charge is 0.292 e. The van der Waals surface area contributed by atoms with E-state index in [-0.39, 0.29) is 5.78 Å². The van der Waals surface area contributed by atoms with Crippen LogP contribution < -0.4 is 0 Å². The van der Waals surface area contributed by atoms with Crippen molar-refractivity contribution < 1.29 is 4.79 Å². The maximum atomic E-state index is 12.2. The van der Waals surface area contributed by atoms with Gasteiger partial charge in [-0.25, -0.2) is 0 Å². The van der Waals surface area contributed by atoms with E-state index in [1.165, 1.54) is 11.3 Å². The Kier molecular flexibility index (Phi) is 2.86. The third kappa shape index (κ3) is 2.02. The van der Waals surface area contributed by atoms with E-state index in [0.29, 0.717) is 12.1 Å². The average molecular weight is 254 g/mol. The first kappa shape index (κ1) is 11.0. The van der Waals surface area contributed by atoms with Crippen LogP contribution in [0.1, 0.15) is 15.4 Å². The number of benzene rings is 1. The van der Waals surface area contributed by atoms with Gasteiger partial charge in [0, 0.05) is 29.1 Å². The van der Waals surface area contributed by atoms with Gasteiger partial charge in [-0.15, -0.1) is 11.3 Å². The van der Waals surface area contributed by atoms with E-state index in [9.17, 15) is 4.79 Å². The molecule has 0 fully saturated rings. The van der Waals surface area contributed by atoms with E-state index in [1.807, 2.05) is 30.3 Å². The molecule has 2 aromatic heterocycles. The van der Waals surface area contributed by atoms with Crippen molar-refractivity contribution >= 4 is 27.9 Å². The molecule has 0 atom stereocenters. The summed E-state index contributed by atoms with van der Waals surface area (Å²) in [5.41, 5.74) is 2.28. The summed E-state index contributed by atoms with van der Waals surface area (Å²) in [4.78, 5) is 21.4. The first-order chi connectivity index (χ1) is 8.84. The topological polar surface area (TPSA) is 42.9 Å². The van der Waals surface area contributed by atoms with Gasteiger partial charge < -0.3 is 0 Å². The van der Waals surface area contributed by atoms with E-state index in [1.54, 1.807) is 17.9 Å². The zero-order chi connectivity index (χ0) is 12.4. The summed E-state index contributed by atoms with van der Waals surface area (Å²) in [6.07, 6.45) is 3.78. The summed E-state index contributed by atoms with van der Waals surface area (Å²) in [5.74, 6) is 0.0380. The van der Waals surface area contributed by atoms with Crippen molar-refractivity contribution in [2.24, 2.45) is 0 Å². The molecule has 88 valence electrons. The van der Waals surface area contributed by atoms with Crippen molar-refractivity contribution in [1.82, 2.24) is 9.97 Å². The van der Waals surface area contributed by atoms with Crippen LogP contribution in [0.2, 0.25) is 0 Å². The molecule has 0 radical (unpaired) electrons. The molecule has 0 amide bonds. The molecular weight excluding hydrogens is 244 g/mol. The van der Waals surface area contributed by atoms with Gasteiger partial charge in [-0.1, -0.05) is 24.3 Å². The summed E-state index contributed by atoms with van der Waals surface area (Å²) in [6.45, 7) is 0. The number of hydrogen-bond donors (Lipinski definition) is 0. The summed E-state index contributed by atoms with van der Waals surface area (Å²) in [7, 11) is 0. The van der Waals surface area contributed by atoms with Crippen LogP contribution in [0.15, 0.2) is 48.2 Å². The third-order valence-corrected chi connectivity index (χ3v) is 3.54. The fourth-order valence-electron chi connectivity index (χ4n) is 1.91. The van der Waals surface area contributed by atoms with Crippen LogP contribution in [0, 0.1) is 0 Å². The molecule has 0 bridgehead atoms. The minimum Gasteiger partial charge on any atom is -0.292 e. The highest BCUT2D eigenvalue weighted by molar-refractivity contribution is 7.09. The molecule has 0 N–H and O–H groups in total. The molecule has 0 saturated heterocycles. The molecule has 2 heterocycles. The van der Waals surface area contributed by atoms with Crippen LogP contribution in [0.25, 0.3) is 10.8 Å². The summed E-state index contributed by atoms with van der Waals surface area (Å²) < 4.78 is 0. The SMILES string of the molecule is O=C(Cc1cncs1)c1nccc2ccccc12. The molecule has 4 heteroatoms. The molecule has 0 unspecified atom stereocenters. The Morgan fingerprint density at radius 3 is 2.94 bits per heavy atom. The molecule has 3 nitrogen and oxygen atoms in total. The Morgan fingerprint density at radius 1 is 1.22 bits per heavy atom. The summed E-state index contributed by atoms with van der Waals surface area (Å²) in [5, 5.41) is 1.95. The molecule has 18 heavy (non-hydrogen) atoms. The van der Waals surface area contributed by atoms with Crippen molar-refractivity contribution in [1.29, 1.82) is 0 Å².